The van der Waals surface area contributed by atoms with Crippen molar-refractivity contribution >= 4 is 28.8 Å². The molecule has 0 bridgehead atoms. The van der Waals surface area contributed by atoms with Gasteiger partial charge in [-0.25, -0.2) is 0 Å². The topological polar surface area (TPSA) is 96.9 Å². The Hall–Kier alpha value is -3.53. The molecule has 2 aromatic rings. The molecule has 2 amide bonds. The molecule has 2 aliphatic heterocycles. The fourth-order valence-corrected chi connectivity index (χ4v) is 4.09. The Bertz CT molecular complexity index is 1160. The van der Waals surface area contributed by atoms with Crippen LogP contribution in [0.5, 0.6) is 11.5 Å². The number of alkyl halides is 3. The number of rotatable bonds is 6. The van der Waals surface area contributed by atoms with E-state index in [0.717, 1.165) is 17.7 Å². The van der Waals surface area contributed by atoms with Crippen molar-refractivity contribution in [1.29, 1.82) is 0 Å². The Kier molecular flexibility index (Phi) is 7.30. The highest BCUT2D eigenvalue weighted by Crippen LogP contribution is 2.39. The number of nitrogens with one attached hydrogen (secondary N) is 2. The van der Waals surface area contributed by atoms with Gasteiger partial charge in [0.2, 0.25) is 11.8 Å². The lowest BCUT2D eigenvalue weighted by molar-refractivity contribution is -0.137. The van der Waals surface area contributed by atoms with Crippen molar-refractivity contribution in [2.24, 2.45) is 0 Å². The first-order valence-electron chi connectivity index (χ1n) is 11.3. The Morgan fingerprint density at radius 1 is 1.20 bits per heavy atom. The summed E-state index contributed by atoms with van der Waals surface area (Å²) in [6.45, 7) is 0.495. The fraction of sp³-hybridized carbons (Fsp3) is 0.360. The van der Waals surface area contributed by atoms with Crippen LogP contribution in [0, 0.1) is 0 Å². The van der Waals surface area contributed by atoms with E-state index in [2.05, 4.69) is 10.6 Å². The molecule has 2 aromatic carbocycles. The highest BCUT2D eigenvalue weighted by atomic mass is 19.4. The van der Waals surface area contributed by atoms with E-state index in [4.69, 9.17) is 14.6 Å². The first-order chi connectivity index (χ1) is 16.8. The molecule has 0 atom stereocenters. The minimum Gasteiger partial charge on any atom is -0.493 e. The van der Waals surface area contributed by atoms with Gasteiger partial charge >= 0.3 is 6.18 Å². The lowest BCUT2D eigenvalue weighted by Gasteiger charge is -2.23. The maximum absolute atomic E-state index is 13.1. The molecule has 0 aromatic heterocycles. The van der Waals surface area contributed by atoms with Crippen LogP contribution >= 0.6 is 0 Å². The standard InChI is InChI=1S/C25H25F3N2O5/c26-25(27,28)16-4-5-17-15(3-1-11-35-21(17)14-16)13-23(33)29-19-7-8-20(34-12-2-10-31)24-18(19)6-9-22(32)30-24/h4-5,7-8,13-14,31H,1-3,6,9-12H2,(H,29,33)(H,30,32). The molecule has 0 radical (unpaired) electrons. The summed E-state index contributed by atoms with van der Waals surface area (Å²) in [5.74, 6) is -0.0572. The van der Waals surface area contributed by atoms with Crippen LogP contribution in [0.3, 0.4) is 0 Å². The van der Waals surface area contributed by atoms with E-state index in [1.807, 2.05) is 0 Å². The molecule has 7 nitrogen and oxygen atoms in total. The average molecular weight is 490 g/mol. The summed E-state index contributed by atoms with van der Waals surface area (Å²) < 4.78 is 50.5. The molecule has 2 aliphatic rings. The number of ether oxygens (including phenoxy) is 2. The van der Waals surface area contributed by atoms with Gasteiger partial charge in [-0.15, -0.1) is 0 Å². The number of hydrogen-bond acceptors (Lipinski definition) is 5. The first-order valence-corrected chi connectivity index (χ1v) is 11.3. The maximum Gasteiger partial charge on any atom is 0.416 e. The molecule has 0 unspecified atom stereocenters. The van der Waals surface area contributed by atoms with Crippen LogP contribution in [0.4, 0.5) is 24.5 Å². The zero-order chi connectivity index (χ0) is 25.0. The number of hydrogen-bond donors (Lipinski definition) is 3. The lowest BCUT2D eigenvalue weighted by Crippen LogP contribution is -2.22. The van der Waals surface area contributed by atoms with Gasteiger partial charge in [-0.2, -0.15) is 13.2 Å². The smallest absolute Gasteiger partial charge is 0.416 e. The number of halogens is 3. The third kappa shape index (κ3) is 5.76. The van der Waals surface area contributed by atoms with Gasteiger partial charge in [0.05, 0.1) is 24.5 Å². The second-order valence-electron chi connectivity index (χ2n) is 8.26. The van der Waals surface area contributed by atoms with E-state index in [1.54, 1.807) is 12.1 Å². The summed E-state index contributed by atoms with van der Waals surface area (Å²) in [5.41, 5.74) is 1.93. The molecule has 4 rings (SSSR count). The van der Waals surface area contributed by atoms with E-state index < -0.39 is 17.6 Å². The molecule has 35 heavy (non-hydrogen) atoms. The number of anilines is 2. The van der Waals surface area contributed by atoms with Crippen molar-refractivity contribution in [3.63, 3.8) is 0 Å². The monoisotopic (exact) mass is 490 g/mol. The largest absolute Gasteiger partial charge is 0.493 e. The molecular formula is C25H25F3N2O5. The molecule has 3 N–H and O–H groups in total. The number of aliphatic hydroxyl groups is 1. The number of fused-ring (bicyclic) bond motifs is 2. The highest BCUT2D eigenvalue weighted by Gasteiger charge is 2.32. The van der Waals surface area contributed by atoms with Gasteiger partial charge in [0.15, 0.2) is 0 Å². The summed E-state index contributed by atoms with van der Waals surface area (Å²) in [6, 6.07) is 6.59. The predicted molar refractivity (Wildman–Crippen MR) is 123 cm³/mol. The molecule has 0 aliphatic carbocycles. The van der Waals surface area contributed by atoms with Gasteiger partial charge < -0.3 is 25.2 Å². The zero-order valence-corrected chi connectivity index (χ0v) is 18.8. The summed E-state index contributed by atoms with van der Waals surface area (Å²) in [5, 5.41) is 14.6. The number of benzene rings is 2. The van der Waals surface area contributed by atoms with E-state index >= 15 is 0 Å². The first kappa shape index (κ1) is 24.6. The minimum atomic E-state index is -4.49. The zero-order valence-electron chi connectivity index (χ0n) is 18.8. The van der Waals surface area contributed by atoms with Crippen molar-refractivity contribution < 1.29 is 37.3 Å². The molecule has 0 spiro atoms. The summed E-state index contributed by atoms with van der Waals surface area (Å²) in [6.07, 6.45) is -1.00. The minimum absolute atomic E-state index is 0.0248. The Labute approximate surface area is 199 Å². The van der Waals surface area contributed by atoms with Crippen molar-refractivity contribution in [3.05, 3.63) is 53.1 Å². The second-order valence-corrected chi connectivity index (χ2v) is 8.26. The number of amides is 2. The number of carbonyl (C=O) groups is 2. The second kappa shape index (κ2) is 10.4. The third-order valence-electron chi connectivity index (χ3n) is 5.77. The number of aliphatic hydroxyl groups excluding tert-OH is 1. The summed E-state index contributed by atoms with van der Waals surface area (Å²) >= 11 is 0. The SMILES string of the molecule is O=C(C=C1CCCOc2cc(C(F)(F)F)ccc21)Nc1ccc(OCCCO)c2c1CCC(=O)N2. The van der Waals surface area contributed by atoms with E-state index in [1.165, 1.54) is 12.1 Å². The van der Waals surface area contributed by atoms with Crippen molar-refractivity contribution in [2.45, 2.75) is 38.3 Å². The van der Waals surface area contributed by atoms with E-state index in [-0.39, 0.29) is 37.9 Å². The van der Waals surface area contributed by atoms with Gasteiger partial charge in [-0.1, -0.05) is 6.07 Å². The van der Waals surface area contributed by atoms with E-state index in [9.17, 15) is 22.8 Å². The lowest BCUT2D eigenvalue weighted by atomic mass is 9.98. The van der Waals surface area contributed by atoms with Gasteiger partial charge in [0.1, 0.15) is 11.5 Å². The highest BCUT2D eigenvalue weighted by molar-refractivity contribution is 6.06. The maximum atomic E-state index is 13.1. The normalized spacial score (nSPS) is 16.5. The Morgan fingerprint density at radius 2 is 2.03 bits per heavy atom. The van der Waals surface area contributed by atoms with Crippen LogP contribution in [0.15, 0.2) is 36.4 Å². The Morgan fingerprint density at radius 3 is 2.80 bits per heavy atom. The van der Waals surface area contributed by atoms with Crippen LogP contribution in [-0.4, -0.2) is 36.7 Å². The fourth-order valence-electron chi connectivity index (χ4n) is 4.09. The molecule has 0 fully saturated rings. The summed E-state index contributed by atoms with van der Waals surface area (Å²) in [7, 11) is 0. The van der Waals surface area contributed by atoms with E-state index in [0.29, 0.717) is 53.9 Å². The molecule has 186 valence electrons. The number of carbonyl (C=O) groups excluding carboxylic acids is 2. The summed E-state index contributed by atoms with van der Waals surface area (Å²) in [4.78, 5) is 24.9. The Balaban J connectivity index is 1.59. The van der Waals surface area contributed by atoms with Gasteiger partial charge in [-0.05, 0) is 49.1 Å². The third-order valence-corrected chi connectivity index (χ3v) is 5.77. The number of allylic oxidation sites excluding steroid dienone is 1. The van der Waals surface area contributed by atoms with Crippen LogP contribution in [-0.2, 0) is 22.2 Å². The van der Waals surface area contributed by atoms with Crippen LogP contribution in [0.2, 0.25) is 0 Å². The quantitative estimate of drug-likeness (QED) is 0.408. The van der Waals surface area contributed by atoms with Gasteiger partial charge in [0.25, 0.3) is 0 Å². The van der Waals surface area contributed by atoms with Crippen LogP contribution < -0.4 is 20.1 Å². The average Bonchev–Trinajstić information content (AvgIpc) is 3.01. The van der Waals surface area contributed by atoms with Crippen molar-refractivity contribution in [1.82, 2.24) is 0 Å². The van der Waals surface area contributed by atoms with Crippen molar-refractivity contribution in [2.75, 3.05) is 30.5 Å². The molecule has 0 saturated heterocycles. The van der Waals surface area contributed by atoms with Crippen LogP contribution in [0.1, 0.15) is 42.4 Å². The molecule has 2 heterocycles. The van der Waals surface area contributed by atoms with Crippen molar-refractivity contribution in [3.8, 4) is 11.5 Å². The van der Waals surface area contributed by atoms with Crippen LogP contribution in [0.25, 0.3) is 5.57 Å². The van der Waals surface area contributed by atoms with Gasteiger partial charge in [-0.3, -0.25) is 9.59 Å². The molecule has 10 heteroatoms. The molecule has 0 saturated carbocycles. The predicted octanol–water partition coefficient (Wildman–Crippen LogP) is 4.55. The molecular weight excluding hydrogens is 465 g/mol. The van der Waals surface area contributed by atoms with Gasteiger partial charge in [0, 0.05) is 42.3 Å².